The van der Waals surface area contributed by atoms with Gasteiger partial charge in [0.1, 0.15) is 16.9 Å². The van der Waals surface area contributed by atoms with Gasteiger partial charge < -0.3 is 31.7 Å². The van der Waals surface area contributed by atoms with Gasteiger partial charge in [-0.05, 0) is 18.6 Å². The van der Waals surface area contributed by atoms with Crippen LogP contribution in [0.5, 0.6) is 0 Å². The monoisotopic (exact) mass is 375 g/mol. The van der Waals surface area contributed by atoms with E-state index in [4.69, 9.17) is 5.73 Å². The third-order valence-electron chi connectivity index (χ3n) is 4.88. The van der Waals surface area contributed by atoms with Gasteiger partial charge in [-0.1, -0.05) is 12.1 Å². The van der Waals surface area contributed by atoms with Gasteiger partial charge in [-0.25, -0.2) is 9.98 Å². The van der Waals surface area contributed by atoms with E-state index >= 15 is 0 Å². The Labute approximate surface area is 154 Å². The number of guanidine groups is 1. The Bertz CT molecular complexity index is 847. The van der Waals surface area contributed by atoms with E-state index in [9.17, 15) is 15.3 Å². The second-order valence-corrected chi connectivity index (χ2v) is 7.61. The van der Waals surface area contributed by atoms with Crippen LogP contribution in [0.4, 0.5) is 0 Å². The van der Waals surface area contributed by atoms with Gasteiger partial charge in [-0.15, -0.1) is 11.3 Å². The van der Waals surface area contributed by atoms with Crippen LogP contribution in [0.2, 0.25) is 0 Å². The van der Waals surface area contributed by atoms with Gasteiger partial charge in [-0.2, -0.15) is 0 Å². The van der Waals surface area contributed by atoms with E-state index in [1.807, 2.05) is 24.3 Å². The van der Waals surface area contributed by atoms with Gasteiger partial charge >= 0.3 is 0 Å². The minimum Gasteiger partial charge on any atom is -0.396 e. The molecular weight excluding hydrogens is 354 g/mol. The molecule has 2 heterocycles. The number of aliphatic hydroxyl groups excluding tert-OH is 3. The average Bonchev–Trinajstić information content (AvgIpc) is 3.18. The van der Waals surface area contributed by atoms with Crippen molar-refractivity contribution >= 4 is 33.1 Å². The van der Waals surface area contributed by atoms with Crippen LogP contribution in [0, 0.1) is 5.92 Å². The molecule has 0 bridgehead atoms. The second kappa shape index (κ2) is 6.84. The number of rotatable bonds is 4. The number of hydrogen-bond donors (Lipinski definition) is 6. The van der Waals surface area contributed by atoms with Crippen molar-refractivity contribution in [1.29, 1.82) is 0 Å². The molecule has 1 aromatic carbocycles. The number of nitrogens with two attached hydrogens (primary N) is 1. The van der Waals surface area contributed by atoms with Crippen LogP contribution in [-0.2, 0) is 0 Å². The highest BCUT2D eigenvalue weighted by Crippen LogP contribution is 2.31. The van der Waals surface area contributed by atoms with Crippen molar-refractivity contribution in [3.05, 3.63) is 35.1 Å². The van der Waals surface area contributed by atoms with Gasteiger partial charge in [0, 0.05) is 18.1 Å². The third-order valence-corrected chi connectivity index (χ3v) is 5.98. The van der Waals surface area contributed by atoms with Gasteiger partial charge in [0.25, 0.3) is 0 Å². The first-order valence-electron chi connectivity index (χ1n) is 8.46. The zero-order chi connectivity index (χ0) is 18.3. The molecule has 0 amide bonds. The number of para-hydroxylation sites is 1. The van der Waals surface area contributed by atoms with Gasteiger partial charge in [0.15, 0.2) is 5.96 Å². The molecule has 8 nitrogen and oxygen atoms in total. The van der Waals surface area contributed by atoms with E-state index in [0.29, 0.717) is 18.8 Å². The average molecular weight is 375 g/mol. The Kier molecular flexibility index (Phi) is 4.53. The molecule has 1 aromatic heterocycles. The first-order valence-corrected chi connectivity index (χ1v) is 9.28. The Hall–Kier alpha value is -2.20. The van der Waals surface area contributed by atoms with Crippen LogP contribution in [0.15, 0.2) is 35.1 Å². The van der Waals surface area contributed by atoms with Gasteiger partial charge in [0.2, 0.25) is 0 Å². The predicted octanol–water partition coefficient (Wildman–Crippen LogP) is -0.425. The fourth-order valence-electron chi connectivity index (χ4n) is 3.42. The van der Waals surface area contributed by atoms with Crippen molar-refractivity contribution in [2.24, 2.45) is 16.6 Å². The van der Waals surface area contributed by atoms with E-state index in [1.165, 1.54) is 0 Å². The Morgan fingerprint density at radius 1 is 1.27 bits per heavy atom. The first-order chi connectivity index (χ1) is 12.6. The number of aliphatic hydroxyl groups is 3. The summed E-state index contributed by atoms with van der Waals surface area (Å²) in [5, 5.41) is 36.8. The Morgan fingerprint density at radius 2 is 2.08 bits per heavy atom. The Balaban J connectivity index is 1.66. The molecule has 2 aromatic rings. The van der Waals surface area contributed by atoms with Crippen molar-refractivity contribution in [2.45, 2.75) is 24.7 Å². The molecule has 9 heteroatoms. The summed E-state index contributed by atoms with van der Waals surface area (Å²) < 4.78 is 1.08. The summed E-state index contributed by atoms with van der Waals surface area (Å²) in [4.78, 5) is 8.92. The van der Waals surface area contributed by atoms with Crippen molar-refractivity contribution in [2.75, 3.05) is 13.2 Å². The van der Waals surface area contributed by atoms with Crippen LogP contribution in [0.3, 0.4) is 0 Å². The first kappa shape index (κ1) is 17.2. The largest absolute Gasteiger partial charge is 0.396 e. The standard InChI is InChI=1S/C17H21N5O3S/c18-17-19-6-9(16-21-10-3-1-2-4-12(10)26-16)15(22-17)20-11-5-8(7-23)13(24)14(11)25/h1-4,8,11,13-14,20,23-25H,5-7H2,(H3,18,19,22)/t8-,11-,13-,14+/m1/s1. The van der Waals surface area contributed by atoms with Crippen molar-refractivity contribution in [1.82, 2.24) is 15.6 Å². The van der Waals surface area contributed by atoms with Crippen molar-refractivity contribution in [3.8, 4) is 0 Å². The number of hydrogen-bond acceptors (Lipinski definition) is 9. The van der Waals surface area contributed by atoms with Crippen LogP contribution in [0.25, 0.3) is 15.8 Å². The summed E-state index contributed by atoms with van der Waals surface area (Å²) in [6.07, 6.45) is -1.48. The molecule has 4 atom stereocenters. The topological polar surface area (TPSA) is 136 Å². The quantitative estimate of drug-likeness (QED) is 0.427. The fourth-order valence-corrected chi connectivity index (χ4v) is 4.43. The van der Waals surface area contributed by atoms with E-state index in [0.717, 1.165) is 20.8 Å². The lowest BCUT2D eigenvalue weighted by molar-refractivity contribution is 0.000577. The molecule has 138 valence electrons. The molecule has 1 saturated carbocycles. The molecule has 2 aliphatic rings. The summed E-state index contributed by atoms with van der Waals surface area (Å²) >= 11 is 1.56. The zero-order valence-electron chi connectivity index (χ0n) is 14.0. The number of aromatic nitrogens is 1. The maximum atomic E-state index is 10.3. The van der Waals surface area contributed by atoms with Crippen LogP contribution >= 0.6 is 11.3 Å². The molecule has 1 aliphatic carbocycles. The summed E-state index contributed by atoms with van der Waals surface area (Å²) in [5.41, 5.74) is 7.60. The molecule has 0 saturated heterocycles. The van der Waals surface area contributed by atoms with Crippen LogP contribution in [0.1, 0.15) is 11.4 Å². The SMILES string of the molecule is NC1=NCC(c2nc3ccccc3s2)=C(N[C@@H]2C[C@H](CO)[C@@H](O)[C@H]2O)N1. The lowest BCUT2D eigenvalue weighted by atomic mass is 10.1. The molecule has 7 N–H and O–H groups in total. The number of benzene rings is 1. The molecule has 0 radical (unpaired) electrons. The smallest absolute Gasteiger partial charge is 0.194 e. The van der Waals surface area contributed by atoms with Crippen molar-refractivity contribution in [3.63, 3.8) is 0 Å². The van der Waals surface area contributed by atoms with Gasteiger partial charge in [0.05, 0.1) is 28.9 Å². The number of fused-ring (bicyclic) bond motifs is 1. The predicted molar refractivity (Wildman–Crippen MR) is 100 cm³/mol. The van der Waals surface area contributed by atoms with Crippen LogP contribution in [-0.4, -0.2) is 57.7 Å². The zero-order valence-corrected chi connectivity index (χ0v) is 14.8. The summed E-state index contributed by atoms with van der Waals surface area (Å²) in [5.74, 6) is 0.555. The maximum Gasteiger partial charge on any atom is 0.194 e. The minimum atomic E-state index is -0.974. The number of nitrogens with one attached hydrogen (secondary N) is 2. The normalized spacial score (nSPS) is 29.0. The molecule has 1 aliphatic heterocycles. The highest BCUT2D eigenvalue weighted by atomic mass is 32.1. The van der Waals surface area contributed by atoms with E-state index in [1.54, 1.807) is 11.3 Å². The molecule has 0 unspecified atom stereocenters. The van der Waals surface area contributed by atoms with E-state index < -0.39 is 18.2 Å². The van der Waals surface area contributed by atoms with E-state index in [-0.39, 0.29) is 18.5 Å². The lowest BCUT2D eigenvalue weighted by Gasteiger charge is -2.25. The van der Waals surface area contributed by atoms with Crippen LogP contribution < -0.4 is 16.4 Å². The maximum absolute atomic E-state index is 10.3. The number of nitrogens with zero attached hydrogens (tertiary/aromatic N) is 2. The number of aliphatic imine (C=N–C) groups is 1. The van der Waals surface area contributed by atoms with Crippen molar-refractivity contribution < 1.29 is 15.3 Å². The minimum absolute atomic E-state index is 0.169. The third kappa shape index (κ3) is 3.03. The number of thiazole rings is 1. The Morgan fingerprint density at radius 3 is 2.81 bits per heavy atom. The summed E-state index contributed by atoms with van der Waals surface area (Å²) in [6, 6.07) is 7.49. The van der Waals surface area contributed by atoms with Gasteiger partial charge in [-0.3, -0.25) is 0 Å². The fraction of sp³-hybridized carbons (Fsp3) is 0.412. The summed E-state index contributed by atoms with van der Waals surface area (Å²) in [6.45, 7) is 0.201. The second-order valence-electron chi connectivity index (χ2n) is 6.58. The highest BCUT2D eigenvalue weighted by molar-refractivity contribution is 7.19. The van der Waals surface area contributed by atoms with E-state index in [2.05, 4.69) is 20.6 Å². The molecule has 0 spiro atoms. The lowest BCUT2D eigenvalue weighted by Crippen LogP contribution is -2.47. The molecule has 4 rings (SSSR count). The molecular formula is C17H21N5O3S. The molecule has 26 heavy (non-hydrogen) atoms. The summed E-state index contributed by atoms with van der Waals surface area (Å²) in [7, 11) is 0. The molecule has 1 fully saturated rings. The highest BCUT2D eigenvalue weighted by Gasteiger charge is 2.41.